The highest BCUT2D eigenvalue weighted by molar-refractivity contribution is 5.87. The van der Waals surface area contributed by atoms with Crippen LogP contribution in [0.5, 0.6) is 0 Å². The first-order chi connectivity index (χ1) is 15.3. The Bertz CT molecular complexity index is 878. The van der Waals surface area contributed by atoms with Crippen molar-refractivity contribution in [3.63, 3.8) is 0 Å². The number of carbonyl (C=O) groups excluding carboxylic acids is 2. The van der Waals surface area contributed by atoms with Gasteiger partial charge in [0.2, 0.25) is 0 Å². The Balaban J connectivity index is 1.50. The molecular weight excluding hydrogens is 408 g/mol. The molecular formula is C26H34O6. The smallest absolute Gasteiger partial charge is 0.466 e. The van der Waals surface area contributed by atoms with Crippen LogP contribution in [0.1, 0.15) is 64.5 Å². The van der Waals surface area contributed by atoms with Crippen LogP contribution in [-0.2, 0) is 23.7 Å². The number of carbonyl (C=O) groups is 2. The monoisotopic (exact) mass is 442 g/mol. The SMILES string of the molecule is CC[C@@H](OC(=O)O[C@H](/C=C(\C)C(=O)OC)C[C@]12CO[C@]3(C)CC[C@H]1C[C@H]23)c1ccccc1. The molecule has 0 N–H and O–H groups in total. The predicted molar refractivity (Wildman–Crippen MR) is 119 cm³/mol. The maximum Gasteiger partial charge on any atom is 0.509 e. The van der Waals surface area contributed by atoms with Gasteiger partial charge in [0.25, 0.3) is 0 Å². The van der Waals surface area contributed by atoms with Gasteiger partial charge >= 0.3 is 12.1 Å². The summed E-state index contributed by atoms with van der Waals surface area (Å²) in [7, 11) is 1.35. The molecule has 6 nitrogen and oxygen atoms in total. The Kier molecular flexibility index (Phi) is 6.35. The number of esters is 1. The van der Waals surface area contributed by atoms with Crippen molar-refractivity contribution in [3.8, 4) is 0 Å². The Morgan fingerprint density at radius 3 is 2.66 bits per heavy atom. The topological polar surface area (TPSA) is 71.1 Å². The molecule has 1 saturated heterocycles. The second-order valence-corrected chi connectivity index (χ2v) is 9.74. The van der Waals surface area contributed by atoms with Crippen molar-refractivity contribution in [2.24, 2.45) is 17.3 Å². The standard InChI is InChI=1S/C26H34O6/c1-5-21(18-9-7-6-8-10-18)32-24(28)31-20(13-17(2)23(27)29-4)15-26-16-30-25(3)12-11-19(26)14-22(25)26/h6-10,13,19-22H,5,11-12,14-16H2,1-4H3/b17-13+/t19-,20+,21+,22-,25+,26-/m0/s1. The molecule has 32 heavy (non-hydrogen) atoms. The molecule has 1 aromatic carbocycles. The molecule has 4 aliphatic rings. The van der Waals surface area contributed by atoms with E-state index in [9.17, 15) is 9.59 Å². The van der Waals surface area contributed by atoms with Gasteiger partial charge in [0.1, 0.15) is 12.2 Å². The van der Waals surface area contributed by atoms with Crippen LogP contribution in [0.4, 0.5) is 4.79 Å². The van der Waals surface area contributed by atoms with E-state index >= 15 is 0 Å². The minimum atomic E-state index is -0.720. The zero-order chi connectivity index (χ0) is 22.9. The minimum absolute atomic E-state index is 0.00552. The lowest BCUT2D eigenvalue weighted by molar-refractivity contribution is -0.136. The molecule has 0 spiro atoms. The van der Waals surface area contributed by atoms with Crippen molar-refractivity contribution in [2.45, 2.75) is 70.7 Å². The Hall–Kier alpha value is -2.34. The van der Waals surface area contributed by atoms with Crippen LogP contribution < -0.4 is 0 Å². The molecule has 3 aliphatic carbocycles. The number of hydrogen-bond acceptors (Lipinski definition) is 6. The van der Waals surface area contributed by atoms with E-state index in [4.69, 9.17) is 18.9 Å². The first-order valence-corrected chi connectivity index (χ1v) is 11.6. The molecule has 0 amide bonds. The maximum atomic E-state index is 12.8. The molecule has 0 unspecified atom stereocenters. The van der Waals surface area contributed by atoms with Gasteiger partial charge in [-0.15, -0.1) is 0 Å². The minimum Gasteiger partial charge on any atom is -0.466 e. The van der Waals surface area contributed by atoms with Gasteiger partial charge in [-0.25, -0.2) is 9.59 Å². The van der Waals surface area contributed by atoms with Gasteiger partial charge in [-0.3, -0.25) is 0 Å². The highest BCUT2D eigenvalue weighted by Crippen LogP contribution is 2.70. The Morgan fingerprint density at radius 1 is 1.25 bits per heavy atom. The van der Waals surface area contributed by atoms with Crippen molar-refractivity contribution in [1.82, 2.24) is 0 Å². The molecule has 3 saturated carbocycles. The summed E-state index contributed by atoms with van der Waals surface area (Å²) in [4.78, 5) is 24.8. The van der Waals surface area contributed by atoms with E-state index in [0.717, 1.165) is 18.4 Å². The van der Waals surface area contributed by atoms with Gasteiger partial charge in [-0.1, -0.05) is 37.3 Å². The highest BCUT2D eigenvalue weighted by Gasteiger charge is 2.69. The molecule has 5 rings (SSSR count). The number of fused-ring (bicyclic) bond motifs is 1. The fourth-order valence-corrected chi connectivity index (χ4v) is 6.17. The quantitative estimate of drug-likeness (QED) is 0.398. The van der Waals surface area contributed by atoms with Crippen molar-refractivity contribution in [1.29, 1.82) is 0 Å². The molecule has 174 valence electrons. The average molecular weight is 443 g/mol. The van der Waals surface area contributed by atoms with Crippen LogP contribution in [0.3, 0.4) is 0 Å². The molecule has 4 bridgehead atoms. The van der Waals surface area contributed by atoms with Crippen molar-refractivity contribution in [2.75, 3.05) is 13.7 Å². The van der Waals surface area contributed by atoms with Gasteiger partial charge in [0.05, 0.1) is 19.3 Å². The van der Waals surface area contributed by atoms with E-state index < -0.39 is 18.2 Å². The summed E-state index contributed by atoms with van der Waals surface area (Å²) >= 11 is 0. The Morgan fingerprint density at radius 2 is 2.00 bits per heavy atom. The van der Waals surface area contributed by atoms with Crippen LogP contribution in [-0.4, -0.2) is 37.5 Å². The van der Waals surface area contributed by atoms with E-state index in [1.165, 1.54) is 13.5 Å². The average Bonchev–Trinajstić information content (AvgIpc) is 2.93. The van der Waals surface area contributed by atoms with E-state index in [0.29, 0.717) is 36.9 Å². The lowest BCUT2D eigenvalue weighted by atomic mass is 9.43. The summed E-state index contributed by atoms with van der Waals surface area (Å²) in [6.45, 7) is 6.54. The van der Waals surface area contributed by atoms with Crippen molar-refractivity contribution < 1.29 is 28.5 Å². The maximum absolute atomic E-state index is 12.8. The van der Waals surface area contributed by atoms with Crippen LogP contribution >= 0.6 is 0 Å². The summed E-state index contributed by atoms with van der Waals surface area (Å²) in [5, 5.41) is 0. The third kappa shape index (κ3) is 4.05. The van der Waals surface area contributed by atoms with Gasteiger partial charge in [-0.2, -0.15) is 0 Å². The van der Waals surface area contributed by atoms with E-state index in [2.05, 4.69) is 6.92 Å². The number of hydrogen-bond donors (Lipinski definition) is 0. The number of rotatable bonds is 8. The summed E-state index contributed by atoms with van der Waals surface area (Å²) in [6.07, 6.45) is 4.68. The zero-order valence-corrected chi connectivity index (χ0v) is 19.5. The molecule has 6 heteroatoms. The third-order valence-corrected chi connectivity index (χ3v) is 7.98. The summed E-state index contributed by atoms with van der Waals surface area (Å²) in [5.74, 6) is 0.613. The zero-order valence-electron chi connectivity index (χ0n) is 19.5. The molecule has 1 heterocycles. The summed E-state index contributed by atoms with van der Waals surface area (Å²) in [6, 6.07) is 9.64. The molecule has 4 fully saturated rings. The molecule has 6 atom stereocenters. The van der Waals surface area contributed by atoms with Gasteiger partial charge < -0.3 is 18.9 Å². The Labute approximate surface area is 190 Å². The normalized spacial score (nSPS) is 32.4. The molecule has 1 aromatic rings. The predicted octanol–water partition coefficient (Wildman–Crippen LogP) is 5.37. The first-order valence-electron chi connectivity index (χ1n) is 11.6. The fourth-order valence-electron chi connectivity index (χ4n) is 6.17. The highest BCUT2D eigenvalue weighted by atomic mass is 16.7. The summed E-state index contributed by atoms with van der Waals surface area (Å²) in [5.41, 5.74) is 1.26. The van der Waals surface area contributed by atoms with Crippen LogP contribution in [0.2, 0.25) is 0 Å². The molecule has 1 aliphatic heterocycles. The van der Waals surface area contributed by atoms with Crippen LogP contribution in [0.15, 0.2) is 42.0 Å². The van der Waals surface area contributed by atoms with Crippen LogP contribution in [0, 0.1) is 17.3 Å². The largest absolute Gasteiger partial charge is 0.509 e. The third-order valence-electron chi connectivity index (χ3n) is 7.98. The van der Waals surface area contributed by atoms with Gasteiger partial charge in [0.15, 0.2) is 0 Å². The number of ether oxygens (including phenoxy) is 4. The van der Waals surface area contributed by atoms with Crippen molar-refractivity contribution >= 4 is 12.1 Å². The van der Waals surface area contributed by atoms with Crippen LogP contribution in [0.25, 0.3) is 0 Å². The summed E-state index contributed by atoms with van der Waals surface area (Å²) < 4.78 is 22.6. The second kappa shape index (κ2) is 8.89. The van der Waals surface area contributed by atoms with E-state index in [1.54, 1.807) is 13.0 Å². The number of benzene rings is 1. The lowest BCUT2D eigenvalue weighted by Gasteiger charge is -2.59. The second-order valence-electron chi connectivity index (χ2n) is 9.74. The lowest BCUT2D eigenvalue weighted by Crippen LogP contribution is -2.58. The van der Waals surface area contributed by atoms with Crippen molar-refractivity contribution in [3.05, 3.63) is 47.5 Å². The molecule has 0 radical (unpaired) electrons. The van der Waals surface area contributed by atoms with E-state index in [1.807, 2.05) is 37.3 Å². The first kappa shape index (κ1) is 22.8. The molecule has 0 aromatic heterocycles. The van der Waals surface area contributed by atoms with Gasteiger partial charge in [-0.05, 0) is 69.4 Å². The number of methoxy groups -OCH3 is 1. The van der Waals surface area contributed by atoms with Gasteiger partial charge in [0, 0.05) is 11.0 Å². The fraction of sp³-hybridized carbons (Fsp3) is 0.615. The van der Waals surface area contributed by atoms with E-state index in [-0.39, 0.29) is 17.1 Å².